The maximum Gasteiger partial charge on any atom is 0.255 e. The number of phenols is 1. The number of phenolic OH excluding ortho intramolecular Hbond substituents is 1. The van der Waals surface area contributed by atoms with Crippen LogP contribution >= 0.6 is 0 Å². The lowest BCUT2D eigenvalue weighted by Crippen LogP contribution is -2.52. The average Bonchev–Trinajstić information content (AvgIpc) is 3.60. The average molecular weight is 800 g/mol. The summed E-state index contributed by atoms with van der Waals surface area (Å²) in [7, 11) is 1.64. The Labute approximate surface area is 347 Å². The van der Waals surface area contributed by atoms with E-state index in [4.69, 9.17) is 9.47 Å². The molecule has 2 aliphatic carbocycles. The number of piperidine rings is 2. The molecule has 2 N–H and O–H groups in total. The topological polar surface area (TPSA) is 115 Å². The molecular weight excluding hydrogens is 743 g/mol. The summed E-state index contributed by atoms with van der Waals surface area (Å²) in [5.41, 5.74) is 7.82. The van der Waals surface area contributed by atoms with E-state index in [1.165, 1.54) is 35.2 Å². The number of nitrogens with zero attached hydrogens (tertiary/aromatic N) is 4. The van der Waals surface area contributed by atoms with Crippen molar-refractivity contribution in [3.8, 4) is 11.5 Å². The number of methoxy groups -OCH3 is 1. The molecule has 3 saturated heterocycles. The van der Waals surface area contributed by atoms with Crippen LogP contribution in [0.1, 0.15) is 83.0 Å². The lowest BCUT2D eigenvalue weighted by atomic mass is 9.65. The Morgan fingerprint density at radius 3 is 2.41 bits per heavy atom. The van der Waals surface area contributed by atoms with E-state index in [2.05, 4.69) is 74.6 Å². The number of likely N-dealkylation sites (tertiary alicyclic amines) is 1. The summed E-state index contributed by atoms with van der Waals surface area (Å²) in [6.07, 6.45) is 13.4. The second-order valence-electron chi connectivity index (χ2n) is 17.3. The number of aryl methyl sites for hydroxylation is 1. The Morgan fingerprint density at radius 2 is 1.66 bits per heavy atom. The van der Waals surface area contributed by atoms with Gasteiger partial charge in [0, 0.05) is 76.2 Å². The van der Waals surface area contributed by atoms with Gasteiger partial charge in [0.2, 0.25) is 11.8 Å². The number of nitrogens with one attached hydrogen (secondary N) is 1. The summed E-state index contributed by atoms with van der Waals surface area (Å²) in [5, 5.41) is 12.7. The number of aromatic hydroxyl groups is 1. The number of piperazine rings is 1. The monoisotopic (exact) mass is 799 g/mol. The van der Waals surface area contributed by atoms with Gasteiger partial charge < -0.3 is 29.3 Å². The number of ether oxygens (including phenoxy) is 2. The Kier molecular flexibility index (Phi) is 11.5. The molecule has 4 atom stereocenters. The second-order valence-corrected chi connectivity index (χ2v) is 17.3. The predicted molar refractivity (Wildman–Crippen MR) is 226 cm³/mol. The van der Waals surface area contributed by atoms with E-state index in [1.54, 1.807) is 12.0 Å². The second kappa shape index (κ2) is 17.2. The van der Waals surface area contributed by atoms with Crippen molar-refractivity contribution in [3.05, 3.63) is 112 Å². The van der Waals surface area contributed by atoms with Crippen LogP contribution < -0.4 is 15.0 Å². The van der Waals surface area contributed by atoms with Gasteiger partial charge in [-0.2, -0.15) is 0 Å². The van der Waals surface area contributed by atoms with Crippen molar-refractivity contribution in [2.75, 3.05) is 71.0 Å². The molecule has 310 valence electrons. The molecule has 4 heterocycles. The number of imide groups is 1. The van der Waals surface area contributed by atoms with Crippen LogP contribution in [0.25, 0.3) is 0 Å². The van der Waals surface area contributed by atoms with Gasteiger partial charge in [0.05, 0.1) is 18.8 Å². The van der Waals surface area contributed by atoms with Gasteiger partial charge >= 0.3 is 0 Å². The van der Waals surface area contributed by atoms with Gasteiger partial charge in [0.25, 0.3) is 5.91 Å². The maximum atomic E-state index is 13.6. The maximum absolute atomic E-state index is 13.6. The number of carbonyl (C=O) groups is 3. The molecule has 6 aliphatic rings. The largest absolute Gasteiger partial charge is 0.508 e. The Balaban J connectivity index is 0.793. The van der Waals surface area contributed by atoms with Crippen LogP contribution in [0, 0.1) is 11.8 Å². The molecule has 2 unspecified atom stereocenters. The first-order chi connectivity index (χ1) is 28.8. The van der Waals surface area contributed by atoms with Gasteiger partial charge in [-0.1, -0.05) is 48.6 Å². The first kappa shape index (κ1) is 39.3. The summed E-state index contributed by atoms with van der Waals surface area (Å²) in [6.45, 7) is 7.95. The molecule has 0 spiro atoms. The smallest absolute Gasteiger partial charge is 0.255 e. The number of hydrogen-bond donors (Lipinski definition) is 2. The zero-order valence-corrected chi connectivity index (χ0v) is 34.2. The molecule has 0 radical (unpaired) electrons. The van der Waals surface area contributed by atoms with Gasteiger partial charge in [-0.05, 0) is 109 Å². The van der Waals surface area contributed by atoms with Crippen molar-refractivity contribution in [3.63, 3.8) is 0 Å². The number of rotatable bonds is 11. The van der Waals surface area contributed by atoms with E-state index in [9.17, 15) is 19.5 Å². The highest BCUT2D eigenvalue weighted by atomic mass is 16.5. The van der Waals surface area contributed by atoms with Crippen LogP contribution in [0.2, 0.25) is 0 Å². The van der Waals surface area contributed by atoms with Crippen LogP contribution in [-0.2, 0) is 27.3 Å². The zero-order valence-electron chi connectivity index (χ0n) is 34.2. The quantitative estimate of drug-likeness (QED) is 0.179. The van der Waals surface area contributed by atoms with Crippen LogP contribution in [0.5, 0.6) is 11.5 Å². The van der Waals surface area contributed by atoms with Crippen LogP contribution in [0.4, 0.5) is 5.69 Å². The molecule has 0 bridgehead atoms. The van der Waals surface area contributed by atoms with Crippen molar-refractivity contribution >= 4 is 23.4 Å². The van der Waals surface area contributed by atoms with Gasteiger partial charge in [-0.3, -0.25) is 24.6 Å². The van der Waals surface area contributed by atoms with Gasteiger partial charge in [0.1, 0.15) is 24.1 Å². The molecule has 9 rings (SSSR count). The van der Waals surface area contributed by atoms with Crippen molar-refractivity contribution in [1.82, 2.24) is 20.0 Å². The Morgan fingerprint density at radius 1 is 0.847 bits per heavy atom. The number of hydrogen-bond acceptors (Lipinski definition) is 9. The number of fused-ring (bicyclic) bond motifs is 2. The molecule has 4 aliphatic heterocycles. The molecule has 0 saturated carbocycles. The molecule has 3 fully saturated rings. The summed E-state index contributed by atoms with van der Waals surface area (Å²) in [4.78, 5) is 47.2. The summed E-state index contributed by atoms with van der Waals surface area (Å²) < 4.78 is 11.6. The van der Waals surface area contributed by atoms with Crippen LogP contribution in [0.3, 0.4) is 0 Å². The molecule has 0 aromatic heterocycles. The molecular formula is C48H57N5O6. The molecule has 59 heavy (non-hydrogen) atoms. The Hall–Kier alpha value is -5.13. The zero-order chi connectivity index (χ0) is 40.5. The van der Waals surface area contributed by atoms with E-state index in [1.807, 2.05) is 24.3 Å². The highest BCUT2D eigenvalue weighted by Gasteiger charge is 2.42. The minimum atomic E-state index is -0.669. The predicted octanol–water partition coefficient (Wildman–Crippen LogP) is 5.99. The van der Waals surface area contributed by atoms with Crippen LogP contribution in [-0.4, -0.2) is 110 Å². The molecule has 11 nitrogen and oxygen atoms in total. The first-order valence-corrected chi connectivity index (χ1v) is 21.7. The molecule has 3 aromatic carbocycles. The highest BCUT2D eigenvalue weighted by molar-refractivity contribution is 6.06. The lowest BCUT2D eigenvalue weighted by Gasteiger charge is -2.41. The standard InChI is InChI=1S/C48H57N5O6/c1-58-27-28-59-46-41-31-53(43-17-18-44(55)49-47(43)56)48(57)40(41)15-16-42(46)52-25-23-50(24-26-52)30-32-19-21-51(22-20-32)36-10-7-34(8-11-36)45-38(33-5-3-2-4-6-33)13-9-35-29-37(54)12-14-39(35)45/h2-7,10-12,14-16,29,32,34,38,43,45,54H,8-9,13,17-28,30-31H2,1H3,(H,49,55,56)/t34?,38-,43?,45+/m1/s1. The number of benzene rings is 3. The third-order valence-electron chi connectivity index (χ3n) is 13.8. The fourth-order valence-corrected chi connectivity index (χ4v) is 10.7. The molecule has 11 heteroatoms. The third kappa shape index (κ3) is 8.11. The third-order valence-corrected chi connectivity index (χ3v) is 13.8. The van der Waals surface area contributed by atoms with Crippen LogP contribution in [0.15, 0.2) is 84.6 Å². The van der Waals surface area contributed by atoms with E-state index in [-0.39, 0.29) is 24.8 Å². The number of anilines is 1. The van der Waals surface area contributed by atoms with Crippen molar-refractivity contribution in [1.29, 1.82) is 0 Å². The van der Waals surface area contributed by atoms with Crippen molar-refractivity contribution in [2.24, 2.45) is 11.8 Å². The van der Waals surface area contributed by atoms with Gasteiger partial charge in [-0.15, -0.1) is 0 Å². The number of allylic oxidation sites excluding steroid dienone is 3. The van der Waals surface area contributed by atoms with Gasteiger partial charge in [0.15, 0.2) is 0 Å². The van der Waals surface area contributed by atoms with Crippen molar-refractivity contribution in [2.45, 2.75) is 69.4 Å². The fourth-order valence-electron chi connectivity index (χ4n) is 10.7. The lowest BCUT2D eigenvalue weighted by molar-refractivity contribution is -0.136. The SMILES string of the molecule is COCCOc1c(N2CCN(CC3CCN(C4=CCC([C@@H]5c6ccc(O)cc6CC[C@@H]5c5ccccc5)C=C4)CC3)CC2)ccc2c1CN(C1CCC(=O)NC1=O)C2=O. The van der Waals surface area contributed by atoms with E-state index in [0.29, 0.717) is 60.4 Å². The van der Waals surface area contributed by atoms with Gasteiger partial charge in [-0.25, -0.2) is 0 Å². The minimum absolute atomic E-state index is 0.196. The summed E-state index contributed by atoms with van der Waals surface area (Å²) >= 11 is 0. The van der Waals surface area contributed by atoms with E-state index >= 15 is 0 Å². The highest BCUT2D eigenvalue weighted by Crippen LogP contribution is 2.49. The normalized spacial score (nSPS) is 25.1. The number of amides is 3. The minimum Gasteiger partial charge on any atom is -0.508 e. The fraction of sp³-hybridized carbons (Fsp3) is 0.479. The van der Waals surface area contributed by atoms with E-state index in [0.717, 1.165) is 76.3 Å². The first-order valence-electron chi connectivity index (χ1n) is 21.7. The molecule has 3 amide bonds. The van der Waals surface area contributed by atoms with Crippen molar-refractivity contribution < 1.29 is 29.0 Å². The Bertz CT molecular complexity index is 2100. The molecule has 3 aromatic rings. The van der Waals surface area contributed by atoms with E-state index < -0.39 is 11.9 Å². The number of carbonyl (C=O) groups excluding carboxylic acids is 3. The summed E-state index contributed by atoms with van der Waals surface area (Å²) in [5.74, 6) is 2.09. The summed E-state index contributed by atoms with van der Waals surface area (Å²) in [6, 6.07) is 20.2.